The van der Waals surface area contributed by atoms with Gasteiger partial charge in [-0.25, -0.2) is 8.42 Å². The number of hydrogen-bond donors (Lipinski definition) is 0. The van der Waals surface area contributed by atoms with Crippen LogP contribution in [0.1, 0.15) is 12.0 Å². The quantitative estimate of drug-likeness (QED) is 0.729. The fraction of sp³-hybridized carbons (Fsp3) is 0.250. The van der Waals surface area contributed by atoms with E-state index in [9.17, 15) is 8.42 Å². The Balaban J connectivity index is 2.31. The molecular formula is C16H18ClNO2S. The molecule has 0 aromatic heterocycles. The van der Waals surface area contributed by atoms with Crippen LogP contribution in [0.15, 0.2) is 60.7 Å². The van der Waals surface area contributed by atoms with E-state index >= 15 is 0 Å². The molecule has 0 saturated carbocycles. The van der Waals surface area contributed by atoms with Crippen LogP contribution in [0.2, 0.25) is 0 Å². The van der Waals surface area contributed by atoms with Gasteiger partial charge in [0.1, 0.15) is 0 Å². The van der Waals surface area contributed by atoms with E-state index in [4.69, 9.17) is 11.6 Å². The molecule has 2 rings (SSSR count). The second-order valence-corrected chi connectivity index (χ2v) is 7.08. The molecule has 0 fully saturated rings. The first-order valence-electron chi connectivity index (χ1n) is 6.79. The topological polar surface area (TPSA) is 37.4 Å². The molecule has 0 heterocycles. The number of anilines is 1. The van der Waals surface area contributed by atoms with Crippen molar-refractivity contribution >= 4 is 27.3 Å². The number of rotatable bonds is 7. The Kier molecular flexibility index (Phi) is 5.65. The highest BCUT2D eigenvalue weighted by atomic mass is 35.5. The van der Waals surface area contributed by atoms with Gasteiger partial charge in [-0.3, -0.25) is 4.31 Å². The highest BCUT2D eigenvalue weighted by Gasteiger charge is 2.22. The fourth-order valence-corrected chi connectivity index (χ4v) is 3.85. The van der Waals surface area contributed by atoms with Crippen LogP contribution in [0.4, 0.5) is 5.69 Å². The van der Waals surface area contributed by atoms with E-state index in [0.717, 1.165) is 5.56 Å². The molecule has 3 nitrogen and oxygen atoms in total. The summed E-state index contributed by atoms with van der Waals surface area (Å²) < 4.78 is 26.6. The first-order valence-corrected chi connectivity index (χ1v) is 8.93. The third kappa shape index (κ3) is 4.48. The second kappa shape index (κ2) is 7.48. The minimum absolute atomic E-state index is 0.0538. The molecule has 0 aliphatic heterocycles. The molecule has 0 unspecified atom stereocenters. The van der Waals surface area contributed by atoms with E-state index in [0.29, 0.717) is 24.5 Å². The lowest BCUT2D eigenvalue weighted by molar-refractivity contribution is 0.589. The zero-order chi connectivity index (χ0) is 15.1. The molecule has 112 valence electrons. The van der Waals surface area contributed by atoms with Crippen LogP contribution in [0.3, 0.4) is 0 Å². The number of hydrogen-bond acceptors (Lipinski definition) is 2. The number of nitrogens with zero attached hydrogens (tertiary/aromatic N) is 1. The Bertz CT molecular complexity index is 644. The van der Waals surface area contributed by atoms with Gasteiger partial charge < -0.3 is 0 Å². The van der Waals surface area contributed by atoms with Gasteiger partial charge in [0.25, 0.3) is 0 Å². The molecule has 21 heavy (non-hydrogen) atoms. The molecule has 0 bridgehead atoms. The van der Waals surface area contributed by atoms with Gasteiger partial charge in [-0.15, -0.1) is 11.6 Å². The lowest BCUT2D eigenvalue weighted by Crippen LogP contribution is -2.32. The summed E-state index contributed by atoms with van der Waals surface area (Å²) in [4.78, 5) is 0. The third-order valence-electron chi connectivity index (χ3n) is 3.08. The van der Waals surface area contributed by atoms with E-state index in [-0.39, 0.29) is 5.75 Å². The first kappa shape index (κ1) is 15.9. The SMILES string of the molecule is O=S(=O)(CCCCl)N(Cc1ccccc1)c1ccccc1. The summed E-state index contributed by atoms with van der Waals surface area (Å²) in [6.45, 7) is 0.329. The van der Waals surface area contributed by atoms with Crippen LogP contribution in [-0.2, 0) is 16.6 Å². The van der Waals surface area contributed by atoms with Crippen LogP contribution < -0.4 is 4.31 Å². The van der Waals surface area contributed by atoms with Gasteiger partial charge in [-0.1, -0.05) is 48.5 Å². The van der Waals surface area contributed by atoms with E-state index in [1.807, 2.05) is 48.5 Å². The van der Waals surface area contributed by atoms with Crippen molar-refractivity contribution in [2.45, 2.75) is 13.0 Å². The molecule has 0 spiro atoms. The Labute approximate surface area is 131 Å². The van der Waals surface area contributed by atoms with E-state index in [1.54, 1.807) is 12.1 Å². The van der Waals surface area contributed by atoms with Crippen LogP contribution in [0.25, 0.3) is 0 Å². The lowest BCUT2D eigenvalue weighted by Gasteiger charge is -2.24. The number of alkyl halides is 1. The summed E-state index contributed by atoms with van der Waals surface area (Å²) in [6, 6.07) is 18.7. The zero-order valence-corrected chi connectivity index (χ0v) is 13.2. The Morgan fingerprint density at radius 1 is 0.905 bits per heavy atom. The maximum atomic E-state index is 12.6. The number of halogens is 1. The smallest absolute Gasteiger partial charge is 0.235 e. The van der Waals surface area contributed by atoms with E-state index in [1.165, 1.54) is 4.31 Å². The molecule has 5 heteroatoms. The molecule has 0 N–H and O–H groups in total. The number of para-hydroxylation sites is 1. The Hall–Kier alpha value is -1.52. The molecule has 2 aromatic carbocycles. The molecular weight excluding hydrogens is 306 g/mol. The average molecular weight is 324 g/mol. The van der Waals surface area contributed by atoms with Crippen molar-refractivity contribution in [3.8, 4) is 0 Å². The summed E-state index contributed by atoms with van der Waals surface area (Å²) in [5.74, 6) is 0.394. The second-order valence-electron chi connectivity index (χ2n) is 4.69. The lowest BCUT2D eigenvalue weighted by atomic mass is 10.2. The predicted octanol–water partition coefficient (Wildman–Crippen LogP) is 3.65. The van der Waals surface area contributed by atoms with Crippen molar-refractivity contribution in [2.75, 3.05) is 15.9 Å². The van der Waals surface area contributed by atoms with Crippen LogP contribution in [0.5, 0.6) is 0 Å². The predicted molar refractivity (Wildman–Crippen MR) is 88.2 cm³/mol. The molecule has 0 saturated heterocycles. The summed E-state index contributed by atoms with van der Waals surface area (Å²) in [7, 11) is -3.39. The van der Waals surface area contributed by atoms with Crippen molar-refractivity contribution in [3.05, 3.63) is 66.2 Å². The summed E-state index contributed by atoms with van der Waals surface area (Å²) >= 11 is 5.64. The summed E-state index contributed by atoms with van der Waals surface area (Å²) in [5, 5.41) is 0. The highest BCUT2D eigenvalue weighted by Crippen LogP contribution is 2.21. The largest absolute Gasteiger partial charge is 0.266 e. The van der Waals surface area contributed by atoms with Crippen LogP contribution in [0, 0.1) is 0 Å². The Morgan fingerprint density at radius 2 is 1.48 bits per heavy atom. The van der Waals surface area contributed by atoms with Gasteiger partial charge in [0, 0.05) is 5.88 Å². The van der Waals surface area contributed by atoms with Gasteiger partial charge in [0.15, 0.2) is 0 Å². The average Bonchev–Trinajstić information content (AvgIpc) is 2.52. The maximum absolute atomic E-state index is 12.6. The highest BCUT2D eigenvalue weighted by molar-refractivity contribution is 7.92. The summed E-state index contributed by atoms with van der Waals surface area (Å²) in [6.07, 6.45) is 0.446. The van der Waals surface area contributed by atoms with E-state index in [2.05, 4.69) is 0 Å². The molecule has 0 aliphatic carbocycles. The van der Waals surface area contributed by atoms with Gasteiger partial charge in [-0.05, 0) is 24.1 Å². The minimum atomic E-state index is -3.39. The maximum Gasteiger partial charge on any atom is 0.235 e. The monoisotopic (exact) mass is 323 g/mol. The van der Waals surface area contributed by atoms with Crippen molar-refractivity contribution in [2.24, 2.45) is 0 Å². The van der Waals surface area contributed by atoms with Crippen molar-refractivity contribution in [3.63, 3.8) is 0 Å². The van der Waals surface area contributed by atoms with Crippen molar-refractivity contribution in [1.29, 1.82) is 0 Å². The van der Waals surface area contributed by atoms with E-state index < -0.39 is 10.0 Å². The van der Waals surface area contributed by atoms with Gasteiger partial charge in [0.05, 0.1) is 18.0 Å². The summed E-state index contributed by atoms with van der Waals surface area (Å²) in [5.41, 5.74) is 1.63. The number of benzene rings is 2. The van der Waals surface area contributed by atoms with Gasteiger partial charge in [-0.2, -0.15) is 0 Å². The van der Waals surface area contributed by atoms with Crippen molar-refractivity contribution in [1.82, 2.24) is 0 Å². The zero-order valence-electron chi connectivity index (χ0n) is 11.7. The minimum Gasteiger partial charge on any atom is -0.266 e. The molecule has 2 aromatic rings. The normalized spacial score (nSPS) is 11.3. The molecule has 0 amide bonds. The molecule has 0 aliphatic rings. The number of sulfonamides is 1. The van der Waals surface area contributed by atoms with Crippen molar-refractivity contribution < 1.29 is 8.42 Å². The first-order chi connectivity index (χ1) is 10.1. The van der Waals surface area contributed by atoms with Crippen LogP contribution >= 0.6 is 11.6 Å². The van der Waals surface area contributed by atoms with Crippen LogP contribution in [-0.4, -0.2) is 20.1 Å². The van der Waals surface area contributed by atoms with Gasteiger partial charge >= 0.3 is 0 Å². The Morgan fingerprint density at radius 3 is 2.05 bits per heavy atom. The fourth-order valence-electron chi connectivity index (χ4n) is 2.04. The third-order valence-corrected chi connectivity index (χ3v) is 5.17. The van der Waals surface area contributed by atoms with Gasteiger partial charge in [0.2, 0.25) is 10.0 Å². The standard InChI is InChI=1S/C16H18ClNO2S/c17-12-7-13-21(19,20)18(16-10-5-2-6-11-16)14-15-8-3-1-4-9-15/h1-6,8-11H,7,12-14H2. The molecule has 0 atom stereocenters. The molecule has 0 radical (unpaired) electrons.